The van der Waals surface area contributed by atoms with Crippen LogP contribution in [0, 0.1) is 0 Å². The molecule has 0 aromatic heterocycles. The molecule has 0 aliphatic rings. The van der Waals surface area contributed by atoms with Gasteiger partial charge in [-0.2, -0.15) is 25.3 Å². The fourth-order valence-corrected chi connectivity index (χ4v) is 2.18. The van der Waals surface area contributed by atoms with Crippen LogP contribution >= 0.6 is 25.3 Å². The van der Waals surface area contributed by atoms with Crippen LogP contribution in [-0.2, 0) is 9.53 Å². The summed E-state index contributed by atoms with van der Waals surface area (Å²) < 4.78 is 4.77. The van der Waals surface area contributed by atoms with Crippen molar-refractivity contribution in [2.24, 2.45) is 0 Å². The molecule has 0 aromatic carbocycles. The third-order valence-corrected chi connectivity index (χ3v) is 3.50. The van der Waals surface area contributed by atoms with Gasteiger partial charge in [-0.25, -0.2) is 0 Å². The van der Waals surface area contributed by atoms with Crippen LogP contribution in [0.15, 0.2) is 0 Å². The standard InChI is InChI=1S/C8H16O2S.C6H14OS/c1-3-4-8(11)5-6-10-7(2)9;1-2-3-6(8)4-5-7/h8,11H,3-6H2,1-2H3;6-8H,2-5H2,1H3. The second-order valence-electron chi connectivity index (χ2n) is 4.53. The zero-order chi connectivity index (χ0) is 15.1. The van der Waals surface area contributed by atoms with E-state index in [2.05, 4.69) is 39.1 Å². The number of thiol groups is 2. The predicted molar refractivity (Wildman–Crippen MR) is 88.3 cm³/mol. The Labute approximate surface area is 129 Å². The second kappa shape index (κ2) is 16.2. The van der Waals surface area contributed by atoms with Gasteiger partial charge in [0.15, 0.2) is 0 Å². The van der Waals surface area contributed by atoms with E-state index < -0.39 is 0 Å². The van der Waals surface area contributed by atoms with Crippen molar-refractivity contribution < 1.29 is 14.6 Å². The maximum atomic E-state index is 10.3. The highest BCUT2D eigenvalue weighted by atomic mass is 32.1. The van der Waals surface area contributed by atoms with Crippen LogP contribution in [0.3, 0.4) is 0 Å². The predicted octanol–water partition coefficient (Wildman–Crippen LogP) is 3.51. The number of hydrogen-bond donors (Lipinski definition) is 3. The molecule has 3 nitrogen and oxygen atoms in total. The van der Waals surface area contributed by atoms with E-state index in [9.17, 15) is 4.79 Å². The summed E-state index contributed by atoms with van der Waals surface area (Å²) in [4.78, 5) is 10.3. The van der Waals surface area contributed by atoms with E-state index in [-0.39, 0.29) is 12.6 Å². The molecule has 0 aromatic rings. The van der Waals surface area contributed by atoms with Crippen molar-refractivity contribution >= 4 is 31.2 Å². The van der Waals surface area contributed by atoms with Gasteiger partial charge in [-0.3, -0.25) is 4.79 Å². The highest BCUT2D eigenvalue weighted by Gasteiger charge is 2.01. The van der Waals surface area contributed by atoms with Crippen molar-refractivity contribution in [3.05, 3.63) is 0 Å². The second-order valence-corrected chi connectivity index (χ2v) is 5.99. The zero-order valence-electron chi connectivity index (χ0n) is 12.5. The molecule has 19 heavy (non-hydrogen) atoms. The van der Waals surface area contributed by atoms with E-state index in [4.69, 9.17) is 9.84 Å². The molecule has 0 fully saturated rings. The summed E-state index contributed by atoms with van der Waals surface area (Å²) >= 11 is 8.55. The lowest BCUT2D eigenvalue weighted by atomic mass is 10.2. The van der Waals surface area contributed by atoms with Gasteiger partial charge in [-0.1, -0.05) is 26.7 Å². The van der Waals surface area contributed by atoms with Crippen molar-refractivity contribution in [3.8, 4) is 0 Å². The molecule has 1 N–H and O–H groups in total. The van der Waals surface area contributed by atoms with E-state index in [1.807, 2.05) is 0 Å². The quantitative estimate of drug-likeness (QED) is 0.451. The smallest absolute Gasteiger partial charge is 0.302 e. The molecule has 2 atom stereocenters. The van der Waals surface area contributed by atoms with Gasteiger partial charge in [-0.05, 0) is 25.7 Å². The lowest BCUT2D eigenvalue weighted by Crippen LogP contribution is -2.07. The van der Waals surface area contributed by atoms with Crippen molar-refractivity contribution in [2.75, 3.05) is 13.2 Å². The normalized spacial score (nSPS) is 13.2. The van der Waals surface area contributed by atoms with Crippen LogP contribution in [0.1, 0.15) is 59.3 Å². The summed E-state index contributed by atoms with van der Waals surface area (Å²) in [7, 11) is 0. The van der Waals surface area contributed by atoms with Crippen LogP contribution in [0.25, 0.3) is 0 Å². The molecule has 0 aliphatic heterocycles. The maximum Gasteiger partial charge on any atom is 0.302 e. The Balaban J connectivity index is 0. The van der Waals surface area contributed by atoms with Crippen LogP contribution in [0.2, 0.25) is 0 Å². The minimum Gasteiger partial charge on any atom is -0.466 e. The number of rotatable bonds is 9. The Kier molecular flexibility index (Phi) is 18.3. The van der Waals surface area contributed by atoms with Crippen molar-refractivity contribution in [1.29, 1.82) is 0 Å². The lowest BCUT2D eigenvalue weighted by molar-refractivity contribution is -0.141. The summed E-state index contributed by atoms with van der Waals surface area (Å²) in [6, 6.07) is 0. The topological polar surface area (TPSA) is 46.5 Å². The van der Waals surface area contributed by atoms with Gasteiger partial charge in [0.05, 0.1) is 6.61 Å². The zero-order valence-corrected chi connectivity index (χ0v) is 14.3. The molecule has 2 unspecified atom stereocenters. The summed E-state index contributed by atoms with van der Waals surface area (Å²) in [6.07, 6.45) is 6.18. The molecule has 0 rings (SSSR count). The third kappa shape index (κ3) is 20.6. The van der Waals surface area contributed by atoms with E-state index in [0.717, 1.165) is 38.5 Å². The molecule has 0 saturated carbocycles. The summed E-state index contributed by atoms with van der Waals surface area (Å²) in [5.41, 5.74) is 0. The molecule has 116 valence electrons. The molecule has 0 saturated heterocycles. The first-order valence-corrected chi connectivity index (χ1v) is 8.11. The number of aliphatic hydroxyl groups excluding tert-OH is 1. The largest absolute Gasteiger partial charge is 0.466 e. The Morgan fingerprint density at radius 1 is 1.05 bits per heavy atom. The molecule has 0 aliphatic carbocycles. The van der Waals surface area contributed by atoms with Crippen molar-refractivity contribution in [1.82, 2.24) is 0 Å². The van der Waals surface area contributed by atoms with Crippen LogP contribution in [0.4, 0.5) is 0 Å². The molecule has 0 amide bonds. The Morgan fingerprint density at radius 3 is 1.89 bits per heavy atom. The highest BCUT2D eigenvalue weighted by molar-refractivity contribution is 7.81. The molecule has 0 spiro atoms. The number of hydrogen-bond acceptors (Lipinski definition) is 5. The van der Waals surface area contributed by atoms with Gasteiger partial charge in [0, 0.05) is 24.0 Å². The van der Waals surface area contributed by atoms with E-state index in [1.54, 1.807) is 0 Å². The van der Waals surface area contributed by atoms with Gasteiger partial charge < -0.3 is 9.84 Å². The summed E-state index contributed by atoms with van der Waals surface area (Å²) in [5.74, 6) is -0.206. The van der Waals surface area contributed by atoms with Crippen molar-refractivity contribution in [2.45, 2.75) is 69.8 Å². The third-order valence-electron chi connectivity index (χ3n) is 2.46. The first kappa shape index (κ1) is 21.4. The lowest BCUT2D eigenvalue weighted by Gasteiger charge is -2.07. The molecule has 5 heteroatoms. The first-order chi connectivity index (χ1) is 8.97. The van der Waals surface area contributed by atoms with E-state index in [1.165, 1.54) is 6.92 Å². The number of aliphatic hydroxyl groups is 1. The number of esters is 1. The fraction of sp³-hybridized carbons (Fsp3) is 0.929. The Hall–Kier alpha value is 0.130. The average molecular weight is 311 g/mol. The van der Waals surface area contributed by atoms with E-state index in [0.29, 0.717) is 17.1 Å². The van der Waals surface area contributed by atoms with Crippen LogP contribution < -0.4 is 0 Å². The van der Waals surface area contributed by atoms with Crippen LogP contribution in [0.5, 0.6) is 0 Å². The molecular weight excluding hydrogens is 280 g/mol. The van der Waals surface area contributed by atoms with E-state index >= 15 is 0 Å². The monoisotopic (exact) mass is 310 g/mol. The minimum atomic E-state index is -0.206. The summed E-state index contributed by atoms with van der Waals surface area (Å²) in [6.45, 7) is 6.45. The average Bonchev–Trinajstić information content (AvgIpc) is 2.30. The van der Waals surface area contributed by atoms with Gasteiger partial charge in [0.2, 0.25) is 0 Å². The molecule has 0 bridgehead atoms. The number of carbonyl (C=O) groups excluding carboxylic acids is 1. The SMILES string of the molecule is CCCC(S)CCO.CCCC(S)CCOC(C)=O. The maximum absolute atomic E-state index is 10.3. The van der Waals surface area contributed by atoms with Gasteiger partial charge in [0.1, 0.15) is 0 Å². The van der Waals surface area contributed by atoms with Crippen LogP contribution in [-0.4, -0.2) is 34.8 Å². The van der Waals surface area contributed by atoms with Gasteiger partial charge >= 0.3 is 5.97 Å². The minimum absolute atomic E-state index is 0.206. The fourth-order valence-electron chi connectivity index (χ4n) is 1.44. The Morgan fingerprint density at radius 2 is 1.53 bits per heavy atom. The summed E-state index contributed by atoms with van der Waals surface area (Å²) in [5, 5.41) is 9.20. The van der Waals surface area contributed by atoms with Gasteiger partial charge in [0.25, 0.3) is 0 Å². The Bertz CT molecular complexity index is 195. The highest BCUT2D eigenvalue weighted by Crippen LogP contribution is 2.08. The first-order valence-electron chi connectivity index (χ1n) is 7.08. The van der Waals surface area contributed by atoms with Gasteiger partial charge in [-0.15, -0.1) is 0 Å². The number of ether oxygens (including phenoxy) is 1. The van der Waals surface area contributed by atoms with Crippen molar-refractivity contribution in [3.63, 3.8) is 0 Å². The molecule has 0 heterocycles. The number of carbonyl (C=O) groups is 1. The molecule has 0 radical (unpaired) electrons. The molecular formula is C14H30O3S2.